The summed E-state index contributed by atoms with van der Waals surface area (Å²) in [6, 6.07) is 33.4. The number of hydrogen-bond donors (Lipinski definition) is 0. The lowest BCUT2D eigenvalue weighted by Crippen LogP contribution is -2.31. The van der Waals surface area contributed by atoms with Gasteiger partial charge in [0.2, 0.25) is 0 Å². The molecule has 5 aromatic rings. The molecule has 0 amide bonds. The van der Waals surface area contributed by atoms with E-state index in [2.05, 4.69) is 114 Å². The molecule has 0 N–H and O–H groups in total. The van der Waals surface area contributed by atoms with Gasteiger partial charge >= 0.3 is 0 Å². The standard InChI is InChI=1S/C29H23N2/c1-29(2)23-14-6-5-12-21(23)22-13-9-17-26(27(22)29)31-25-16-8-7-15-24(25)30-18-19-10-3-4-11-20(19)28(30)31/h3-17H,18H2,1-2H3/q+1. The molecule has 0 radical (unpaired) electrons. The summed E-state index contributed by atoms with van der Waals surface area (Å²) >= 11 is 0. The molecule has 0 atom stereocenters. The fraction of sp³-hybridized carbons (Fsp3) is 0.138. The monoisotopic (exact) mass is 399 g/mol. The minimum absolute atomic E-state index is 0.0520. The van der Waals surface area contributed by atoms with Crippen LogP contribution in [0.15, 0.2) is 91.0 Å². The molecule has 0 spiro atoms. The predicted octanol–water partition coefficient (Wildman–Crippen LogP) is 6.25. The maximum Gasteiger partial charge on any atom is 0.295 e. The van der Waals surface area contributed by atoms with Gasteiger partial charge in [-0.3, -0.25) is 0 Å². The largest absolute Gasteiger partial charge is 0.295 e. The first-order chi connectivity index (χ1) is 15.2. The summed E-state index contributed by atoms with van der Waals surface area (Å²) in [5.41, 5.74) is 12.1. The van der Waals surface area contributed by atoms with E-state index in [1.54, 1.807) is 0 Å². The zero-order chi connectivity index (χ0) is 20.7. The fourth-order valence-corrected chi connectivity index (χ4v) is 5.95. The van der Waals surface area contributed by atoms with Crippen molar-refractivity contribution in [2.75, 3.05) is 0 Å². The predicted molar refractivity (Wildman–Crippen MR) is 126 cm³/mol. The maximum atomic E-state index is 2.51. The zero-order valence-electron chi connectivity index (χ0n) is 17.8. The topological polar surface area (TPSA) is 8.81 Å². The summed E-state index contributed by atoms with van der Waals surface area (Å²) in [6.45, 7) is 5.67. The molecule has 4 aromatic carbocycles. The highest BCUT2D eigenvalue weighted by Crippen LogP contribution is 2.51. The molecule has 0 saturated carbocycles. The van der Waals surface area contributed by atoms with E-state index in [1.165, 1.54) is 55.9 Å². The molecule has 148 valence electrons. The van der Waals surface area contributed by atoms with Crippen molar-refractivity contribution < 1.29 is 4.57 Å². The third-order valence-corrected chi connectivity index (χ3v) is 7.27. The van der Waals surface area contributed by atoms with Gasteiger partial charge in [0.05, 0.1) is 5.56 Å². The molecule has 31 heavy (non-hydrogen) atoms. The molecule has 1 aliphatic heterocycles. The summed E-state index contributed by atoms with van der Waals surface area (Å²) in [7, 11) is 0. The third-order valence-electron chi connectivity index (χ3n) is 7.27. The summed E-state index contributed by atoms with van der Waals surface area (Å²) in [4.78, 5) is 0. The molecule has 1 aromatic heterocycles. The van der Waals surface area contributed by atoms with Crippen molar-refractivity contribution >= 4 is 11.0 Å². The lowest BCUT2D eigenvalue weighted by Gasteiger charge is -2.23. The highest BCUT2D eigenvalue weighted by atomic mass is 15.2. The van der Waals surface area contributed by atoms with Crippen molar-refractivity contribution in [3.05, 3.63) is 108 Å². The highest BCUT2D eigenvalue weighted by molar-refractivity contribution is 5.87. The molecule has 2 nitrogen and oxygen atoms in total. The van der Waals surface area contributed by atoms with Crippen LogP contribution >= 0.6 is 0 Å². The highest BCUT2D eigenvalue weighted by Gasteiger charge is 2.42. The second-order valence-electron chi connectivity index (χ2n) is 9.26. The second kappa shape index (κ2) is 5.73. The molecule has 0 bridgehead atoms. The Morgan fingerprint density at radius 3 is 2.32 bits per heavy atom. The van der Waals surface area contributed by atoms with E-state index in [-0.39, 0.29) is 5.41 Å². The number of fused-ring (bicyclic) bond motifs is 8. The average molecular weight is 400 g/mol. The van der Waals surface area contributed by atoms with E-state index < -0.39 is 0 Å². The Labute approximate surface area is 182 Å². The van der Waals surface area contributed by atoms with E-state index in [0.29, 0.717) is 0 Å². The summed E-state index contributed by atoms with van der Waals surface area (Å²) in [5.74, 6) is 1.29. The lowest BCUT2D eigenvalue weighted by atomic mass is 9.81. The fourth-order valence-electron chi connectivity index (χ4n) is 5.95. The lowest BCUT2D eigenvalue weighted by molar-refractivity contribution is -0.645. The number of hydrogen-bond acceptors (Lipinski definition) is 0. The third kappa shape index (κ3) is 2.05. The molecule has 7 rings (SSSR count). The number of rotatable bonds is 1. The molecule has 2 aliphatic rings. The minimum atomic E-state index is -0.0520. The number of aromatic nitrogens is 2. The van der Waals surface area contributed by atoms with Crippen LogP contribution in [0.4, 0.5) is 0 Å². The van der Waals surface area contributed by atoms with Crippen molar-refractivity contribution in [3.63, 3.8) is 0 Å². The van der Waals surface area contributed by atoms with Crippen LogP contribution in [0.1, 0.15) is 30.5 Å². The van der Waals surface area contributed by atoms with Gasteiger partial charge in [-0.2, -0.15) is 4.57 Å². The van der Waals surface area contributed by atoms with Crippen molar-refractivity contribution in [2.45, 2.75) is 25.8 Å². The van der Waals surface area contributed by atoms with Gasteiger partial charge in [-0.15, -0.1) is 0 Å². The number of imidazole rings is 1. The second-order valence-corrected chi connectivity index (χ2v) is 9.26. The van der Waals surface area contributed by atoms with Gasteiger partial charge in [-0.25, -0.2) is 4.57 Å². The molecule has 2 heteroatoms. The Morgan fingerprint density at radius 2 is 1.42 bits per heavy atom. The van der Waals surface area contributed by atoms with Gasteiger partial charge in [0, 0.05) is 16.5 Å². The van der Waals surface area contributed by atoms with E-state index in [0.717, 1.165) is 6.54 Å². The number of para-hydroxylation sites is 2. The molecule has 2 heterocycles. The van der Waals surface area contributed by atoms with Crippen molar-refractivity contribution in [1.82, 2.24) is 4.57 Å². The van der Waals surface area contributed by atoms with Gasteiger partial charge in [0.1, 0.15) is 12.2 Å². The summed E-state index contributed by atoms with van der Waals surface area (Å²) in [6.07, 6.45) is 0. The van der Waals surface area contributed by atoms with Crippen LogP contribution in [0.5, 0.6) is 0 Å². The normalized spacial score (nSPS) is 14.9. The molecular weight excluding hydrogens is 376 g/mol. The summed E-state index contributed by atoms with van der Waals surface area (Å²) in [5, 5.41) is 0. The van der Waals surface area contributed by atoms with Gasteiger partial charge in [-0.05, 0) is 41.0 Å². The van der Waals surface area contributed by atoms with E-state index in [1.807, 2.05) is 0 Å². The zero-order valence-corrected chi connectivity index (χ0v) is 17.8. The Hall–Kier alpha value is -3.65. The van der Waals surface area contributed by atoms with Gasteiger partial charge in [0.25, 0.3) is 5.82 Å². The van der Waals surface area contributed by atoms with Gasteiger partial charge in [-0.1, -0.05) is 80.6 Å². The molecule has 0 fully saturated rings. The van der Waals surface area contributed by atoms with Crippen LogP contribution in [0.25, 0.3) is 39.2 Å². The Bertz CT molecular complexity index is 1530. The van der Waals surface area contributed by atoms with Crippen LogP contribution in [0.3, 0.4) is 0 Å². The van der Waals surface area contributed by atoms with Crippen molar-refractivity contribution in [2.24, 2.45) is 0 Å². The molecule has 1 aliphatic carbocycles. The Morgan fingerprint density at radius 1 is 0.710 bits per heavy atom. The molecule has 0 saturated heterocycles. The smallest absolute Gasteiger partial charge is 0.218 e. The first kappa shape index (κ1) is 17.1. The van der Waals surface area contributed by atoms with Crippen LogP contribution in [-0.4, -0.2) is 4.57 Å². The first-order valence-electron chi connectivity index (χ1n) is 11.0. The van der Waals surface area contributed by atoms with Crippen LogP contribution in [-0.2, 0) is 12.0 Å². The number of benzene rings is 4. The van der Waals surface area contributed by atoms with E-state index >= 15 is 0 Å². The molecule has 0 unspecified atom stereocenters. The Balaban J connectivity index is 1.63. The van der Waals surface area contributed by atoms with Gasteiger partial charge < -0.3 is 0 Å². The quantitative estimate of drug-likeness (QED) is 0.289. The van der Waals surface area contributed by atoms with E-state index in [9.17, 15) is 0 Å². The number of nitrogens with zero attached hydrogens (tertiary/aromatic N) is 2. The van der Waals surface area contributed by atoms with Crippen molar-refractivity contribution in [3.8, 4) is 28.2 Å². The average Bonchev–Trinajstić information content (AvgIpc) is 3.40. The Kier molecular flexibility index (Phi) is 3.16. The first-order valence-corrected chi connectivity index (χ1v) is 11.0. The van der Waals surface area contributed by atoms with E-state index in [4.69, 9.17) is 0 Å². The van der Waals surface area contributed by atoms with Gasteiger partial charge in [0.15, 0.2) is 11.0 Å². The van der Waals surface area contributed by atoms with Crippen LogP contribution < -0.4 is 4.57 Å². The summed E-state index contributed by atoms with van der Waals surface area (Å²) < 4.78 is 4.99. The van der Waals surface area contributed by atoms with Crippen molar-refractivity contribution in [1.29, 1.82) is 0 Å². The maximum absolute atomic E-state index is 2.51. The van der Waals surface area contributed by atoms with Crippen LogP contribution in [0.2, 0.25) is 0 Å². The molecular formula is C29H23N2+. The SMILES string of the molecule is CC1(C)c2ccccc2-c2cccc(-n3c4[n+](c5ccccc53)Cc3ccccc3-4)c21. The minimum Gasteiger partial charge on any atom is -0.218 e. The van der Waals surface area contributed by atoms with Crippen LogP contribution in [0, 0.1) is 0 Å².